The van der Waals surface area contributed by atoms with Crippen molar-refractivity contribution in [1.82, 2.24) is 0 Å². The first kappa shape index (κ1) is 23.4. The lowest BCUT2D eigenvalue weighted by Gasteiger charge is -2.20. The number of allylic oxidation sites excluding steroid dienone is 2. The molecule has 178 valence electrons. The van der Waals surface area contributed by atoms with Crippen LogP contribution in [-0.4, -0.2) is 5.11 Å². The molecule has 1 nitrogen and oxygen atoms in total. The predicted molar refractivity (Wildman–Crippen MR) is 152 cm³/mol. The number of hydrogen-bond acceptors (Lipinski definition) is 1. The minimum atomic E-state index is 0.428. The Morgan fingerprint density at radius 2 is 1.23 bits per heavy atom. The van der Waals surface area contributed by atoms with Gasteiger partial charge in [-0.25, -0.2) is 0 Å². The van der Waals surface area contributed by atoms with Gasteiger partial charge >= 0.3 is 0 Å². The number of benzene rings is 4. The van der Waals surface area contributed by atoms with Gasteiger partial charge in [-0.15, -0.1) is 0 Å². The van der Waals surface area contributed by atoms with Crippen LogP contribution < -0.4 is 0 Å². The first-order valence-electron chi connectivity index (χ1n) is 13.3. The minimum absolute atomic E-state index is 0.428. The standard InChI is InChI=1S/C17H18O.C17H18/c1-3-11-8-13-6-5-7-14-12(4-2)10-16(18)15(9-11)17(13)14;1-3-12-10-14-6-5-7-16-13(4-2)8-9-15(11-12)17(14)16/h5-7,9-10,18H,3-4,8H2,1-2H3;5-9,11H,3-4,10H2,1-2H3. The lowest BCUT2D eigenvalue weighted by Crippen LogP contribution is -2.00. The van der Waals surface area contributed by atoms with Crippen molar-refractivity contribution in [2.45, 2.75) is 66.2 Å². The summed E-state index contributed by atoms with van der Waals surface area (Å²) in [6.07, 6.45) is 11.0. The van der Waals surface area contributed by atoms with Gasteiger partial charge in [0, 0.05) is 5.56 Å². The first-order chi connectivity index (χ1) is 17.1. The topological polar surface area (TPSA) is 20.2 Å². The van der Waals surface area contributed by atoms with Crippen molar-refractivity contribution in [3.63, 3.8) is 0 Å². The number of aryl methyl sites for hydroxylation is 2. The van der Waals surface area contributed by atoms with Crippen molar-refractivity contribution in [1.29, 1.82) is 0 Å². The monoisotopic (exact) mass is 460 g/mol. The molecule has 4 aromatic rings. The summed E-state index contributed by atoms with van der Waals surface area (Å²) >= 11 is 0. The molecule has 0 amide bonds. The molecule has 0 spiro atoms. The third kappa shape index (κ3) is 4.18. The Morgan fingerprint density at radius 3 is 1.86 bits per heavy atom. The van der Waals surface area contributed by atoms with Crippen molar-refractivity contribution < 1.29 is 5.11 Å². The molecule has 4 aromatic carbocycles. The van der Waals surface area contributed by atoms with E-state index in [1.807, 2.05) is 6.07 Å². The van der Waals surface area contributed by atoms with Gasteiger partial charge in [0.2, 0.25) is 0 Å². The Morgan fingerprint density at radius 1 is 0.629 bits per heavy atom. The molecule has 1 N–H and O–H groups in total. The predicted octanol–water partition coefficient (Wildman–Crippen LogP) is 9.21. The Hall–Kier alpha value is -3.32. The van der Waals surface area contributed by atoms with Crippen LogP contribution in [0.1, 0.15) is 73.9 Å². The fraction of sp³-hybridized carbons (Fsp3) is 0.294. The summed E-state index contributed by atoms with van der Waals surface area (Å²) in [6.45, 7) is 8.80. The molecule has 6 rings (SSSR count). The first-order valence-corrected chi connectivity index (χ1v) is 13.3. The van der Waals surface area contributed by atoms with E-state index < -0.39 is 0 Å². The number of aromatic hydroxyl groups is 1. The van der Waals surface area contributed by atoms with Gasteiger partial charge in [-0.1, -0.05) is 99.5 Å². The maximum absolute atomic E-state index is 10.2. The maximum atomic E-state index is 10.2. The van der Waals surface area contributed by atoms with Gasteiger partial charge in [0.1, 0.15) is 5.75 Å². The number of phenols is 1. The van der Waals surface area contributed by atoms with Gasteiger partial charge in [-0.2, -0.15) is 0 Å². The van der Waals surface area contributed by atoms with Crippen molar-refractivity contribution in [2.24, 2.45) is 0 Å². The molecular weight excluding hydrogens is 424 g/mol. The summed E-state index contributed by atoms with van der Waals surface area (Å²) in [6, 6.07) is 19.8. The molecular formula is C34H36O. The smallest absolute Gasteiger partial charge is 0.123 e. The average molecular weight is 461 g/mol. The zero-order valence-electron chi connectivity index (χ0n) is 21.5. The van der Waals surface area contributed by atoms with E-state index in [4.69, 9.17) is 0 Å². The molecule has 2 aliphatic carbocycles. The molecule has 0 saturated heterocycles. The van der Waals surface area contributed by atoms with E-state index in [2.05, 4.69) is 88.4 Å². The van der Waals surface area contributed by atoms with Crippen molar-refractivity contribution in [3.8, 4) is 5.75 Å². The Bertz CT molecular complexity index is 1480. The highest BCUT2D eigenvalue weighted by Gasteiger charge is 2.17. The molecule has 0 unspecified atom stereocenters. The maximum Gasteiger partial charge on any atom is 0.123 e. The molecule has 1 heteroatoms. The highest BCUT2D eigenvalue weighted by Crippen LogP contribution is 2.39. The summed E-state index contributed by atoms with van der Waals surface area (Å²) in [7, 11) is 0. The zero-order chi connectivity index (χ0) is 24.5. The Balaban J connectivity index is 0.000000145. The van der Waals surface area contributed by atoms with Crippen LogP contribution in [0.2, 0.25) is 0 Å². The molecule has 0 aromatic heterocycles. The average Bonchev–Trinajstić information content (AvgIpc) is 2.90. The van der Waals surface area contributed by atoms with E-state index in [9.17, 15) is 5.11 Å². The number of rotatable bonds is 4. The fourth-order valence-corrected chi connectivity index (χ4v) is 5.84. The molecule has 0 fully saturated rings. The molecule has 0 saturated carbocycles. The van der Waals surface area contributed by atoms with Crippen LogP contribution in [0.3, 0.4) is 0 Å². The normalized spacial score (nSPS) is 13.8. The molecule has 0 heterocycles. The summed E-state index contributed by atoms with van der Waals surface area (Å²) in [5.41, 5.74) is 10.9. The molecule has 35 heavy (non-hydrogen) atoms. The zero-order valence-corrected chi connectivity index (χ0v) is 21.5. The molecule has 0 bridgehead atoms. The molecule has 2 aliphatic rings. The second-order valence-electron chi connectivity index (χ2n) is 9.83. The van der Waals surface area contributed by atoms with E-state index >= 15 is 0 Å². The minimum Gasteiger partial charge on any atom is -0.507 e. The van der Waals surface area contributed by atoms with Gasteiger partial charge in [0.05, 0.1) is 0 Å². The largest absolute Gasteiger partial charge is 0.507 e. The van der Waals surface area contributed by atoms with Gasteiger partial charge in [-0.05, 0) is 94.0 Å². The van der Waals surface area contributed by atoms with E-state index in [1.165, 1.54) is 54.9 Å². The van der Waals surface area contributed by atoms with Gasteiger partial charge in [0.25, 0.3) is 0 Å². The van der Waals surface area contributed by atoms with Gasteiger partial charge in [0.15, 0.2) is 0 Å². The van der Waals surface area contributed by atoms with E-state index in [1.54, 1.807) is 5.57 Å². The summed E-state index contributed by atoms with van der Waals surface area (Å²) in [5.74, 6) is 0.428. The lowest BCUT2D eigenvalue weighted by molar-refractivity contribution is 0.474. The highest BCUT2D eigenvalue weighted by molar-refractivity contribution is 6.00. The van der Waals surface area contributed by atoms with Crippen LogP contribution in [0, 0.1) is 0 Å². The molecule has 0 radical (unpaired) electrons. The molecule has 0 atom stereocenters. The lowest BCUT2D eigenvalue weighted by atomic mass is 9.85. The summed E-state index contributed by atoms with van der Waals surface area (Å²) in [4.78, 5) is 0. The third-order valence-electron chi connectivity index (χ3n) is 7.82. The Labute approximate surface area is 209 Å². The second-order valence-corrected chi connectivity index (χ2v) is 9.83. The Kier molecular flexibility index (Phi) is 6.52. The highest BCUT2D eigenvalue weighted by atomic mass is 16.3. The van der Waals surface area contributed by atoms with Gasteiger partial charge in [-0.3, -0.25) is 0 Å². The summed E-state index contributed by atoms with van der Waals surface area (Å²) in [5, 5.41) is 15.7. The number of phenolic OH excluding ortho intramolecular Hbond substituents is 1. The quantitative estimate of drug-likeness (QED) is 0.322. The van der Waals surface area contributed by atoms with E-state index in [0.29, 0.717) is 5.75 Å². The van der Waals surface area contributed by atoms with Crippen LogP contribution >= 0.6 is 0 Å². The van der Waals surface area contributed by atoms with Crippen LogP contribution in [0.15, 0.2) is 65.7 Å². The summed E-state index contributed by atoms with van der Waals surface area (Å²) < 4.78 is 0. The molecule has 0 aliphatic heterocycles. The fourth-order valence-electron chi connectivity index (χ4n) is 5.84. The third-order valence-corrected chi connectivity index (χ3v) is 7.82. The van der Waals surface area contributed by atoms with Crippen molar-refractivity contribution in [3.05, 3.63) is 99.1 Å². The van der Waals surface area contributed by atoms with Crippen LogP contribution in [0.25, 0.3) is 33.7 Å². The van der Waals surface area contributed by atoms with Crippen molar-refractivity contribution >= 4 is 33.7 Å². The van der Waals surface area contributed by atoms with E-state index in [-0.39, 0.29) is 0 Å². The SMILES string of the molecule is CCC1=Cc2c(O)cc(CC)c3cccc(c23)C1.CCC1=Cc2ccc(CC)c3cccc(c23)C1. The van der Waals surface area contributed by atoms with Crippen LogP contribution in [0.5, 0.6) is 5.75 Å². The second kappa shape index (κ2) is 9.74. The van der Waals surface area contributed by atoms with Crippen LogP contribution in [-0.2, 0) is 25.7 Å². The van der Waals surface area contributed by atoms with E-state index in [0.717, 1.165) is 44.1 Å². The van der Waals surface area contributed by atoms with Crippen molar-refractivity contribution in [2.75, 3.05) is 0 Å². The number of hydrogen-bond donors (Lipinski definition) is 1. The van der Waals surface area contributed by atoms with Gasteiger partial charge < -0.3 is 5.11 Å². The van der Waals surface area contributed by atoms with Crippen LogP contribution in [0.4, 0.5) is 0 Å².